The van der Waals surface area contributed by atoms with E-state index in [4.69, 9.17) is 0 Å². The van der Waals surface area contributed by atoms with Crippen LogP contribution in [-0.2, 0) is 6.54 Å². The van der Waals surface area contributed by atoms with Gasteiger partial charge >= 0.3 is 12.4 Å². The quantitative estimate of drug-likeness (QED) is 0.721. The van der Waals surface area contributed by atoms with Gasteiger partial charge in [0.1, 0.15) is 5.75 Å². The third-order valence-corrected chi connectivity index (χ3v) is 3.51. The van der Waals surface area contributed by atoms with E-state index in [0.29, 0.717) is 11.3 Å². The molecule has 2 N–H and O–H groups in total. The highest BCUT2D eigenvalue weighted by Crippen LogP contribution is 2.24. The predicted octanol–water partition coefficient (Wildman–Crippen LogP) is 4.46. The van der Waals surface area contributed by atoms with Crippen molar-refractivity contribution in [2.45, 2.75) is 12.9 Å². The number of alkyl halides is 3. The summed E-state index contributed by atoms with van der Waals surface area (Å²) in [5, 5.41) is 7.03. The molecular formula is C18H14F3N3O2. The minimum atomic E-state index is -4.76. The van der Waals surface area contributed by atoms with Crippen molar-refractivity contribution in [1.29, 1.82) is 0 Å². The highest BCUT2D eigenvalue weighted by molar-refractivity contribution is 6.01. The molecule has 3 aromatic rings. The number of urea groups is 1. The van der Waals surface area contributed by atoms with Crippen LogP contribution in [0.15, 0.2) is 60.9 Å². The molecule has 0 aliphatic carbocycles. The molecule has 0 unspecified atom stereocenters. The Morgan fingerprint density at radius 3 is 2.73 bits per heavy atom. The summed E-state index contributed by atoms with van der Waals surface area (Å²) in [6, 6.07) is 12.1. The van der Waals surface area contributed by atoms with Crippen molar-refractivity contribution in [2.24, 2.45) is 0 Å². The zero-order chi connectivity index (χ0) is 18.6. The molecule has 0 aliphatic heterocycles. The summed E-state index contributed by atoms with van der Waals surface area (Å²) in [6.07, 6.45) is -1.45. The van der Waals surface area contributed by atoms with Crippen molar-refractivity contribution in [1.82, 2.24) is 10.3 Å². The number of benzene rings is 2. The molecule has 0 saturated heterocycles. The molecule has 3 rings (SSSR count). The average molecular weight is 361 g/mol. The summed E-state index contributed by atoms with van der Waals surface area (Å²) >= 11 is 0. The fraction of sp³-hybridized carbons (Fsp3) is 0.111. The van der Waals surface area contributed by atoms with Crippen LogP contribution < -0.4 is 15.4 Å². The van der Waals surface area contributed by atoms with Crippen LogP contribution in [-0.4, -0.2) is 17.4 Å². The van der Waals surface area contributed by atoms with Crippen LogP contribution in [0.1, 0.15) is 5.56 Å². The third kappa shape index (κ3) is 4.62. The van der Waals surface area contributed by atoms with Crippen LogP contribution in [0, 0.1) is 0 Å². The molecule has 0 aliphatic rings. The molecule has 0 bridgehead atoms. The second-order valence-corrected chi connectivity index (χ2v) is 5.41. The van der Waals surface area contributed by atoms with E-state index in [2.05, 4.69) is 20.4 Å². The summed E-state index contributed by atoms with van der Waals surface area (Å²) in [4.78, 5) is 16.1. The first kappa shape index (κ1) is 17.5. The van der Waals surface area contributed by atoms with Gasteiger partial charge in [-0.2, -0.15) is 0 Å². The number of pyridine rings is 1. The molecule has 1 heterocycles. The van der Waals surface area contributed by atoms with Gasteiger partial charge in [-0.25, -0.2) is 4.79 Å². The molecule has 0 radical (unpaired) electrons. The van der Waals surface area contributed by atoms with Crippen molar-refractivity contribution in [2.75, 3.05) is 5.32 Å². The Labute approximate surface area is 146 Å². The summed E-state index contributed by atoms with van der Waals surface area (Å²) in [7, 11) is 0. The number of nitrogens with zero attached hydrogens (tertiary/aromatic N) is 1. The maximum absolute atomic E-state index is 12.3. The van der Waals surface area contributed by atoms with Crippen LogP contribution in [0.4, 0.5) is 23.7 Å². The summed E-state index contributed by atoms with van der Waals surface area (Å²) < 4.78 is 40.6. The minimum Gasteiger partial charge on any atom is -0.406 e. The number of ether oxygens (including phenoxy) is 1. The number of carbonyl (C=O) groups is 1. The van der Waals surface area contributed by atoms with Gasteiger partial charge in [0.25, 0.3) is 0 Å². The zero-order valence-electron chi connectivity index (χ0n) is 13.4. The summed E-state index contributed by atoms with van der Waals surface area (Å²) in [5.74, 6) is -0.334. The number of carbonyl (C=O) groups excluding carboxylic acids is 1. The SMILES string of the molecule is O=C(NCc1cccc(OC(F)(F)F)c1)Nc1cccc2cnccc12. The average Bonchev–Trinajstić information content (AvgIpc) is 2.59. The monoisotopic (exact) mass is 361 g/mol. The van der Waals surface area contributed by atoms with E-state index in [-0.39, 0.29) is 12.3 Å². The lowest BCUT2D eigenvalue weighted by Gasteiger charge is -2.12. The lowest BCUT2D eigenvalue weighted by Crippen LogP contribution is -2.28. The van der Waals surface area contributed by atoms with E-state index in [1.807, 2.05) is 6.07 Å². The minimum absolute atomic E-state index is 0.0488. The number of aromatic nitrogens is 1. The largest absolute Gasteiger partial charge is 0.573 e. The smallest absolute Gasteiger partial charge is 0.406 e. The second kappa shape index (κ2) is 7.30. The van der Waals surface area contributed by atoms with Gasteiger partial charge in [-0.1, -0.05) is 24.3 Å². The third-order valence-electron chi connectivity index (χ3n) is 3.51. The summed E-state index contributed by atoms with van der Waals surface area (Å²) in [6.45, 7) is 0.0488. The molecule has 0 saturated carbocycles. The van der Waals surface area contributed by atoms with Crippen molar-refractivity contribution < 1.29 is 22.7 Å². The van der Waals surface area contributed by atoms with E-state index < -0.39 is 12.4 Å². The van der Waals surface area contributed by atoms with Gasteiger partial charge in [-0.05, 0) is 29.8 Å². The summed E-state index contributed by atoms with van der Waals surface area (Å²) in [5.41, 5.74) is 1.08. The predicted molar refractivity (Wildman–Crippen MR) is 90.7 cm³/mol. The van der Waals surface area contributed by atoms with E-state index in [1.165, 1.54) is 18.2 Å². The van der Waals surface area contributed by atoms with Gasteiger partial charge < -0.3 is 15.4 Å². The molecule has 0 fully saturated rings. The highest BCUT2D eigenvalue weighted by atomic mass is 19.4. The standard InChI is InChI=1S/C18H14F3N3O2/c19-18(20,21)26-14-5-1-3-12(9-14)10-23-17(25)24-16-6-2-4-13-11-22-8-7-15(13)16/h1-9,11H,10H2,(H2,23,24,25). The van der Waals surface area contributed by atoms with E-state index in [9.17, 15) is 18.0 Å². The lowest BCUT2D eigenvalue weighted by atomic mass is 10.1. The molecule has 2 aromatic carbocycles. The topological polar surface area (TPSA) is 63.2 Å². The fourth-order valence-corrected chi connectivity index (χ4v) is 2.43. The molecule has 1 aromatic heterocycles. The van der Waals surface area contributed by atoms with Crippen LogP contribution in [0.2, 0.25) is 0 Å². The Bertz CT molecular complexity index is 923. The van der Waals surface area contributed by atoms with Crippen LogP contribution in [0.25, 0.3) is 10.8 Å². The molecule has 2 amide bonds. The number of nitrogens with one attached hydrogen (secondary N) is 2. The van der Waals surface area contributed by atoms with Gasteiger partial charge in [-0.15, -0.1) is 13.2 Å². The van der Waals surface area contributed by atoms with Crippen molar-refractivity contribution >= 4 is 22.5 Å². The normalized spacial score (nSPS) is 11.2. The zero-order valence-corrected chi connectivity index (χ0v) is 13.4. The molecule has 134 valence electrons. The van der Waals surface area contributed by atoms with Crippen molar-refractivity contribution in [3.8, 4) is 5.75 Å². The van der Waals surface area contributed by atoms with E-state index in [1.54, 1.807) is 36.7 Å². The number of fused-ring (bicyclic) bond motifs is 1. The number of hydrogen-bond acceptors (Lipinski definition) is 3. The Morgan fingerprint density at radius 2 is 1.92 bits per heavy atom. The van der Waals surface area contributed by atoms with Gasteiger partial charge in [0.05, 0.1) is 5.69 Å². The molecule has 26 heavy (non-hydrogen) atoms. The fourth-order valence-electron chi connectivity index (χ4n) is 2.43. The van der Waals surface area contributed by atoms with Crippen LogP contribution in [0.3, 0.4) is 0 Å². The van der Waals surface area contributed by atoms with Crippen LogP contribution in [0.5, 0.6) is 5.75 Å². The van der Waals surface area contributed by atoms with Gasteiger partial charge in [0.15, 0.2) is 0 Å². The highest BCUT2D eigenvalue weighted by Gasteiger charge is 2.31. The Morgan fingerprint density at radius 1 is 1.12 bits per heavy atom. The maximum Gasteiger partial charge on any atom is 0.573 e. The molecule has 8 heteroatoms. The number of halogens is 3. The first-order chi connectivity index (χ1) is 12.4. The molecule has 0 atom stereocenters. The van der Waals surface area contributed by atoms with Crippen LogP contribution >= 0.6 is 0 Å². The first-order valence-corrected chi connectivity index (χ1v) is 7.63. The van der Waals surface area contributed by atoms with Crippen molar-refractivity contribution in [3.63, 3.8) is 0 Å². The maximum atomic E-state index is 12.3. The first-order valence-electron chi connectivity index (χ1n) is 7.63. The van der Waals surface area contributed by atoms with E-state index >= 15 is 0 Å². The molecule has 0 spiro atoms. The van der Waals surface area contributed by atoms with Gasteiger partial charge in [-0.3, -0.25) is 4.98 Å². The number of anilines is 1. The second-order valence-electron chi connectivity index (χ2n) is 5.41. The number of amides is 2. The molecule has 5 nitrogen and oxygen atoms in total. The Hall–Kier alpha value is -3.29. The molecular weight excluding hydrogens is 347 g/mol. The lowest BCUT2D eigenvalue weighted by molar-refractivity contribution is -0.274. The number of hydrogen-bond donors (Lipinski definition) is 2. The van der Waals surface area contributed by atoms with E-state index in [0.717, 1.165) is 10.8 Å². The number of rotatable bonds is 4. The Kier molecular flexibility index (Phi) is 4.92. The van der Waals surface area contributed by atoms with Gasteiger partial charge in [0.2, 0.25) is 0 Å². The van der Waals surface area contributed by atoms with Crippen molar-refractivity contribution in [3.05, 3.63) is 66.5 Å². The Balaban J connectivity index is 1.63. The van der Waals surface area contributed by atoms with Gasteiger partial charge in [0, 0.05) is 29.7 Å².